The molecule has 0 radical (unpaired) electrons. The molecule has 0 aliphatic carbocycles. The number of carbonyl (C=O) groups excluding carboxylic acids is 2. The summed E-state index contributed by atoms with van der Waals surface area (Å²) in [6.45, 7) is 0.656. The van der Waals surface area contributed by atoms with Crippen molar-refractivity contribution in [2.24, 2.45) is 5.92 Å². The van der Waals surface area contributed by atoms with E-state index < -0.39 is 10.2 Å². The third-order valence-electron chi connectivity index (χ3n) is 4.42. The van der Waals surface area contributed by atoms with Crippen LogP contribution < -0.4 is 5.32 Å². The maximum atomic E-state index is 12.4. The third kappa shape index (κ3) is 4.60. The molecule has 1 aromatic rings. The van der Waals surface area contributed by atoms with E-state index in [-0.39, 0.29) is 17.7 Å². The number of nitrogens with one attached hydrogen (secondary N) is 1. The Bertz CT molecular complexity index is 751. The smallest absolute Gasteiger partial charge is 0.281 e. The van der Waals surface area contributed by atoms with Crippen LogP contribution in [0.2, 0.25) is 0 Å². The Morgan fingerprint density at radius 1 is 1.04 bits per heavy atom. The Kier molecular flexibility index (Phi) is 6.38. The highest BCUT2D eigenvalue weighted by atomic mass is 32.2. The number of nitrogens with zero attached hydrogens (tertiary/aromatic N) is 3. The van der Waals surface area contributed by atoms with Crippen LogP contribution in [0, 0.1) is 5.92 Å². The van der Waals surface area contributed by atoms with E-state index >= 15 is 0 Å². The Hall–Kier alpha value is -1.97. The molecule has 1 aliphatic rings. The second kappa shape index (κ2) is 8.15. The minimum atomic E-state index is -3.43. The Morgan fingerprint density at radius 2 is 1.58 bits per heavy atom. The fourth-order valence-corrected chi connectivity index (χ4v) is 3.91. The van der Waals surface area contributed by atoms with E-state index in [2.05, 4.69) is 5.32 Å². The van der Waals surface area contributed by atoms with Gasteiger partial charge in [0, 0.05) is 58.4 Å². The van der Waals surface area contributed by atoms with Gasteiger partial charge in [0.25, 0.3) is 16.1 Å². The number of piperidine rings is 1. The summed E-state index contributed by atoms with van der Waals surface area (Å²) in [5, 5.41) is 2.84. The van der Waals surface area contributed by atoms with E-state index in [0.29, 0.717) is 37.2 Å². The summed E-state index contributed by atoms with van der Waals surface area (Å²) in [5.41, 5.74) is 1.17. The van der Waals surface area contributed by atoms with Gasteiger partial charge in [-0.25, -0.2) is 0 Å². The van der Waals surface area contributed by atoms with E-state index in [9.17, 15) is 18.0 Å². The monoisotopic (exact) mass is 382 g/mol. The predicted molar refractivity (Wildman–Crippen MR) is 100.0 cm³/mol. The molecule has 0 atom stereocenters. The van der Waals surface area contributed by atoms with E-state index in [4.69, 9.17) is 0 Å². The number of rotatable bonds is 5. The maximum absolute atomic E-state index is 12.4. The standard InChI is InChI=1S/C17H26N4O4S/c1-19(2)17(23)14-5-7-15(8-6-14)18-16(22)13-9-11-21(12-10-13)26(24,25)20(3)4/h5-8,13H,9-12H2,1-4H3,(H,18,22). The fourth-order valence-electron chi connectivity index (χ4n) is 2.78. The van der Waals surface area contributed by atoms with Gasteiger partial charge < -0.3 is 10.2 Å². The SMILES string of the molecule is CN(C)C(=O)c1ccc(NC(=O)C2CCN(S(=O)(=O)N(C)C)CC2)cc1. The van der Waals surface area contributed by atoms with Crippen molar-refractivity contribution in [2.75, 3.05) is 46.6 Å². The molecule has 26 heavy (non-hydrogen) atoms. The summed E-state index contributed by atoms with van der Waals surface area (Å²) in [6.07, 6.45) is 0.964. The molecule has 144 valence electrons. The summed E-state index contributed by atoms with van der Waals surface area (Å²) in [5.74, 6) is -0.456. The zero-order valence-electron chi connectivity index (χ0n) is 15.6. The number of anilines is 1. The molecule has 2 rings (SSSR count). The number of amides is 2. The molecule has 0 aromatic heterocycles. The fraction of sp³-hybridized carbons (Fsp3) is 0.529. The van der Waals surface area contributed by atoms with Crippen molar-refractivity contribution in [2.45, 2.75) is 12.8 Å². The van der Waals surface area contributed by atoms with Crippen molar-refractivity contribution < 1.29 is 18.0 Å². The van der Waals surface area contributed by atoms with Crippen LogP contribution in [0.25, 0.3) is 0 Å². The average Bonchev–Trinajstić information content (AvgIpc) is 2.61. The molecule has 1 aliphatic heterocycles. The van der Waals surface area contributed by atoms with E-state index in [1.165, 1.54) is 27.6 Å². The summed E-state index contributed by atoms with van der Waals surface area (Å²) >= 11 is 0. The molecule has 0 saturated carbocycles. The molecule has 1 heterocycles. The molecule has 0 unspecified atom stereocenters. The van der Waals surface area contributed by atoms with Gasteiger partial charge in [-0.1, -0.05) is 0 Å². The van der Waals surface area contributed by atoms with Crippen LogP contribution in [-0.2, 0) is 15.0 Å². The highest BCUT2D eigenvalue weighted by Gasteiger charge is 2.32. The lowest BCUT2D eigenvalue weighted by molar-refractivity contribution is -0.120. The number of benzene rings is 1. The van der Waals surface area contributed by atoms with Gasteiger partial charge in [0.15, 0.2) is 0 Å². The van der Waals surface area contributed by atoms with Crippen LogP contribution in [0.15, 0.2) is 24.3 Å². The summed E-state index contributed by atoms with van der Waals surface area (Å²) in [6, 6.07) is 6.73. The van der Waals surface area contributed by atoms with Gasteiger partial charge in [0.2, 0.25) is 5.91 Å². The predicted octanol–water partition coefficient (Wildman–Crippen LogP) is 0.845. The summed E-state index contributed by atoms with van der Waals surface area (Å²) in [7, 11) is 2.93. The molecule has 1 fully saturated rings. The molecule has 9 heteroatoms. The summed E-state index contributed by atoms with van der Waals surface area (Å²) < 4.78 is 26.8. The van der Waals surface area contributed by atoms with Crippen LogP contribution >= 0.6 is 0 Å². The van der Waals surface area contributed by atoms with Gasteiger partial charge in [-0.05, 0) is 37.1 Å². The topological polar surface area (TPSA) is 90.0 Å². The second-order valence-electron chi connectivity index (χ2n) is 6.73. The first-order valence-electron chi connectivity index (χ1n) is 8.43. The Morgan fingerprint density at radius 3 is 2.04 bits per heavy atom. The van der Waals surface area contributed by atoms with Crippen LogP contribution in [0.4, 0.5) is 5.69 Å². The van der Waals surface area contributed by atoms with Crippen molar-refractivity contribution >= 4 is 27.7 Å². The van der Waals surface area contributed by atoms with E-state index in [0.717, 1.165) is 0 Å². The maximum Gasteiger partial charge on any atom is 0.281 e. The first-order valence-corrected chi connectivity index (χ1v) is 9.83. The first kappa shape index (κ1) is 20.3. The van der Waals surface area contributed by atoms with Gasteiger partial charge in [0.1, 0.15) is 0 Å². The minimum Gasteiger partial charge on any atom is -0.345 e. The third-order valence-corrected chi connectivity index (χ3v) is 6.36. The number of hydrogen-bond acceptors (Lipinski definition) is 4. The van der Waals surface area contributed by atoms with Crippen LogP contribution in [0.1, 0.15) is 23.2 Å². The molecule has 8 nitrogen and oxygen atoms in total. The van der Waals surface area contributed by atoms with Crippen molar-refractivity contribution in [3.8, 4) is 0 Å². The molecule has 1 N–H and O–H groups in total. The van der Waals surface area contributed by atoms with Crippen LogP contribution in [0.3, 0.4) is 0 Å². The zero-order valence-corrected chi connectivity index (χ0v) is 16.4. The zero-order chi connectivity index (χ0) is 19.5. The van der Waals surface area contributed by atoms with Gasteiger partial charge in [-0.15, -0.1) is 0 Å². The Labute approximate surface area is 154 Å². The van der Waals surface area contributed by atoms with E-state index in [1.807, 2.05) is 0 Å². The highest BCUT2D eigenvalue weighted by molar-refractivity contribution is 7.86. The number of carbonyl (C=O) groups is 2. The van der Waals surface area contributed by atoms with Crippen molar-refractivity contribution in [3.05, 3.63) is 29.8 Å². The quantitative estimate of drug-likeness (QED) is 0.817. The normalized spacial score (nSPS) is 16.5. The summed E-state index contributed by atoms with van der Waals surface area (Å²) in [4.78, 5) is 25.8. The highest BCUT2D eigenvalue weighted by Crippen LogP contribution is 2.22. The lowest BCUT2D eigenvalue weighted by Gasteiger charge is -2.32. The number of hydrogen-bond donors (Lipinski definition) is 1. The van der Waals surface area contributed by atoms with Crippen molar-refractivity contribution in [1.82, 2.24) is 13.5 Å². The average molecular weight is 382 g/mol. The van der Waals surface area contributed by atoms with Crippen molar-refractivity contribution in [1.29, 1.82) is 0 Å². The van der Waals surface area contributed by atoms with Crippen LogP contribution in [-0.4, -0.2) is 75.0 Å². The van der Waals surface area contributed by atoms with Gasteiger partial charge in [0.05, 0.1) is 0 Å². The lowest BCUT2D eigenvalue weighted by Crippen LogP contribution is -2.46. The molecule has 1 saturated heterocycles. The van der Waals surface area contributed by atoms with Crippen molar-refractivity contribution in [3.63, 3.8) is 0 Å². The molecule has 0 bridgehead atoms. The van der Waals surface area contributed by atoms with Gasteiger partial charge in [-0.3, -0.25) is 9.59 Å². The molecule has 0 spiro atoms. The molecular formula is C17H26N4O4S. The van der Waals surface area contributed by atoms with Crippen LogP contribution in [0.5, 0.6) is 0 Å². The second-order valence-corrected chi connectivity index (χ2v) is 8.87. The minimum absolute atomic E-state index is 0.0997. The lowest BCUT2D eigenvalue weighted by atomic mass is 9.97. The van der Waals surface area contributed by atoms with Gasteiger partial charge >= 0.3 is 0 Å². The first-order chi connectivity index (χ1) is 12.1. The Balaban J connectivity index is 1.92. The molecular weight excluding hydrogens is 356 g/mol. The van der Waals surface area contributed by atoms with E-state index in [1.54, 1.807) is 38.4 Å². The molecule has 1 aromatic carbocycles. The van der Waals surface area contributed by atoms with Gasteiger partial charge in [-0.2, -0.15) is 17.0 Å². The molecule has 2 amide bonds. The largest absolute Gasteiger partial charge is 0.345 e.